The van der Waals surface area contributed by atoms with Gasteiger partial charge in [0.05, 0.1) is 5.60 Å². The summed E-state index contributed by atoms with van der Waals surface area (Å²) >= 11 is 0. The van der Waals surface area contributed by atoms with E-state index in [0.717, 1.165) is 0 Å². The van der Waals surface area contributed by atoms with Gasteiger partial charge >= 0.3 is 0 Å². The van der Waals surface area contributed by atoms with Gasteiger partial charge in [0.25, 0.3) is 0 Å². The van der Waals surface area contributed by atoms with Gasteiger partial charge in [-0.3, -0.25) is 0 Å². The zero-order valence-corrected chi connectivity index (χ0v) is 7.23. The molecule has 0 spiro atoms. The summed E-state index contributed by atoms with van der Waals surface area (Å²) in [4.78, 5) is 0. The van der Waals surface area contributed by atoms with E-state index in [1.54, 1.807) is 0 Å². The Labute approximate surface area is 68.3 Å². The summed E-state index contributed by atoms with van der Waals surface area (Å²) < 4.78 is 5.64. The van der Waals surface area contributed by atoms with Gasteiger partial charge in [0.2, 0.25) is 0 Å². The minimum absolute atomic E-state index is 0.220. The number of hydrogen-bond acceptors (Lipinski definition) is 2. The van der Waals surface area contributed by atoms with Crippen LogP contribution in [0.15, 0.2) is 0 Å². The van der Waals surface area contributed by atoms with Crippen molar-refractivity contribution in [2.75, 3.05) is 13.7 Å². The van der Waals surface area contributed by atoms with Crippen LogP contribution < -0.4 is 5.32 Å². The van der Waals surface area contributed by atoms with Gasteiger partial charge in [-0.25, -0.2) is 0 Å². The van der Waals surface area contributed by atoms with E-state index in [1.165, 1.54) is 38.6 Å². The van der Waals surface area contributed by atoms with Crippen molar-refractivity contribution in [2.45, 2.75) is 43.7 Å². The second-order valence-corrected chi connectivity index (χ2v) is 3.77. The second-order valence-electron chi connectivity index (χ2n) is 3.77. The molecule has 64 valence electrons. The first-order valence-corrected chi connectivity index (χ1v) is 4.66. The van der Waals surface area contributed by atoms with Crippen LogP contribution in [-0.4, -0.2) is 25.3 Å². The molecule has 1 atom stereocenters. The molecule has 1 heterocycles. The topological polar surface area (TPSA) is 21.3 Å². The van der Waals surface area contributed by atoms with E-state index in [9.17, 15) is 0 Å². The molecule has 2 heteroatoms. The van der Waals surface area contributed by atoms with Crippen molar-refractivity contribution < 1.29 is 4.74 Å². The number of ether oxygens (including phenoxy) is 1. The molecule has 0 bridgehead atoms. The Balaban J connectivity index is 2.02. The normalized spacial score (nSPS) is 35.2. The number of rotatable bonds is 2. The molecule has 0 amide bonds. The van der Waals surface area contributed by atoms with E-state index in [4.69, 9.17) is 4.74 Å². The fraction of sp³-hybridized carbons (Fsp3) is 1.00. The smallest absolute Gasteiger partial charge is 0.0831 e. The van der Waals surface area contributed by atoms with Gasteiger partial charge in [-0.1, -0.05) is 12.8 Å². The molecule has 0 aromatic rings. The third-order valence-electron chi connectivity index (χ3n) is 3.32. The first kappa shape index (κ1) is 7.56. The van der Waals surface area contributed by atoms with Gasteiger partial charge < -0.3 is 10.1 Å². The van der Waals surface area contributed by atoms with E-state index < -0.39 is 0 Å². The highest BCUT2D eigenvalue weighted by Gasteiger charge is 2.43. The van der Waals surface area contributed by atoms with Crippen molar-refractivity contribution in [3.05, 3.63) is 0 Å². The van der Waals surface area contributed by atoms with E-state index in [0.29, 0.717) is 6.04 Å². The quantitative estimate of drug-likeness (QED) is 0.649. The minimum atomic E-state index is 0.220. The highest BCUT2D eigenvalue weighted by atomic mass is 16.5. The maximum absolute atomic E-state index is 5.64. The fourth-order valence-electron chi connectivity index (χ4n) is 2.41. The molecule has 2 nitrogen and oxygen atoms in total. The maximum Gasteiger partial charge on any atom is 0.0831 e. The minimum Gasteiger partial charge on any atom is -0.377 e. The molecule has 2 rings (SSSR count). The molecule has 1 aliphatic heterocycles. The lowest BCUT2D eigenvalue weighted by Crippen LogP contribution is -2.58. The van der Waals surface area contributed by atoms with Crippen LogP contribution in [-0.2, 0) is 4.74 Å². The zero-order valence-electron chi connectivity index (χ0n) is 7.23. The van der Waals surface area contributed by atoms with Gasteiger partial charge in [-0.2, -0.15) is 0 Å². The third-order valence-corrected chi connectivity index (χ3v) is 3.32. The Morgan fingerprint density at radius 3 is 2.36 bits per heavy atom. The van der Waals surface area contributed by atoms with Crippen molar-refractivity contribution in [3.63, 3.8) is 0 Å². The van der Waals surface area contributed by atoms with Crippen LogP contribution in [0.1, 0.15) is 32.1 Å². The summed E-state index contributed by atoms with van der Waals surface area (Å²) in [7, 11) is 1.87. The van der Waals surface area contributed by atoms with E-state index in [-0.39, 0.29) is 5.60 Å². The average Bonchev–Trinajstić information content (AvgIpc) is 2.34. The molecular formula is C9H17NO. The van der Waals surface area contributed by atoms with Gasteiger partial charge in [0, 0.05) is 13.2 Å². The van der Waals surface area contributed by atoms with Crippen LogP contribution in [0.25, 0.3) is 0 Å². The Morgan fingerprint density at radius 1 is 1.36 bits per heavy atom. The monoisotopic (exact) mass is 155 g/mol. The highest BCUT2D eigenvalue weighted by Crippen LogP contribution is 2.38. The number of hydrogen-bond donors (Lipinski definition) is 1. The van der Waals surface area contributed by atoms with E-state index in [2.05, 4.69) is 5.32 Å². The molecule has 0 aromatic heterocycles. The Bertz CT molecular complexity index is 136. The van der Waals surface area contributed by atoms with Gasteiger partial charge in [0.15, 0.2) is 0 Å². The molecule has 1 N–H and O–H groups in total. The molecule has 0 radical (unpaired) electrons. The van der Waals surface area contributed by atoms with Crippen molar-refractivity contribution in [2.24, 2.45) is 0 Å². The predicted molar refractivity (Wildman–Crippen MR) is 44.6 cm³/mol. The third kappa shape index (κ3) is 1.09. The lowest BCUT2D eigenvalue weighted by Gasteiger charge is -2.42. The van der Waals surface area contributed by atoms with Crippen LogP contribution >= 0.6 is 0 Å². The first-order chi connectivity index (χ1) is 5.37. The van der Waals surface area contributed by atoms with Crippen LogP contribution in [0.3, 0.4) is 0 Å². The average molecular weight is 155 g/mol. The Morgan fingerprint density at radius 2 is 2.00 bits per heavy atom. The van der Waals surface area contributed by atoms with Crippen LogP contribution in [0.4, 0.5) is 0 Å². The van der Waals surface area contributed by atoms with Crippen LogP contribution in [0.2, 0.25) is 0 Å². The van der Waals surface area contributed by atoms with Crippen molar-refractivity contribution in [1.29, 1.82) is 0 Å². The number of methoxy groups -OCH3 is 1. The fourth-order valence-corrected chi connectivity index (χ4v) is 2.41. The lowest BCUT2D eigenvalue weighted by molar-refractivity contribution is -0.0533. The van der Waals surface area contributed by atoms with Gasteiger partial charge in [0.1, 0.15) is 0 Å². The zero-order chi connectivity index (χ0) is 7.73. The summed E-state index contributed by atoms with van der Waals surface area (Å²) in [5.74, 6) is 0. The van der Waals surface area contributed by atoms with Crippen molar-refractivity contribution >= 4 is 0 Å². The van der Waals surface area contributed by atoms with Crippen molar-refractivity contribution in [3.8, 4) is 0 Å². The second kappa shape index (κ2) is 2.76. The summed E-state index contributed by atoms with van der Waals surface area (Å²) in [5, 5.41) is 3.45. The van der Waals surface area contributed by atoms with E-state index in [1.807, 2.05) is 7.11 Å². The summed E-state index contributed by atoms with van der Waals surface area (Å²) in [6.07, 6.45) is 6.55. The van der Waals surface area contributed by atoms with Gasteiger partial charge in [-0.15, -0.1) is 0 Å². The molecule has 11 heavy (non-hydrogen) atoms. The largest absolute Gasteiger partial charge is 0.377 e. The first-order valence-electron chi connectivity index (χ1n) is 4.66. The SMILES string of the molecule is COC1(C2CCN2)CCCC1. The molecule has 0 aromatic carbocycles. The number of nitrogens with one attached hydrogen (secondary N) is 1. The Kier molecular flexibility index (Phi) is 1.90. The molecule has 1 aliphatic carbocycles. The molecule has 2 aliphatic rings. The van der Waals surface area contributed by atoms with Crippen LogP contribution in [0.5, 0.6) is 0 Å². The summed E-state index contributed by atoms with van der Waals surface area (Å²) in [6, 6.07) is 0.662. The lowest BCUT2D eigenvalue weighted by atomic mass is 9.85. The summed E-state index contributed by atoms with van der Waals surface area (Å²) in [6.45, 7) is 1.19. The van der Waals surface area contributed by atoms with Crippen LogP contribution in [0, 0.1) is 0 Å². The predicted octanol–water partition coefficient (Wildman–Crippen LogP) is 1.31. The molecule has 1 saturated heterocycles. The molecule has 2 fully saturated rings. The highest BCUT2D eigenvalue weighted by molar-refractivity contribution is 5.00. The molecule has 1 saturated carbocycles. The maximum atomic E-state index is 5.64. The summed E-state index contributed by atoms with van der Waals surface area (Å²) in [5.41, 5.74) is 0.220. The molecule has 1 unspecified atom stereocenters. The molecular weight excluding hydrogens is 138 g/mol. The van der Waals surface area contributed by atoms with Crippen molar-refractivity contribution in [1.82, 2.24) is 5.32 Å². The Hall–Kier alpha value is -0.0800. The van der Waals surface area contributed by atoms with Gasteiger partial charge in [-0.05, 0) is 25.8 Å². The van der Waals surface area contributed by atoms with E-state index >= 15 is 0 Å². The standard InChI is InChI=1S/C9H17NO/c1-11-9(5-2-3-6-9)8-4-7-10-8/h8,10H,2-7H2,1H3.